The molecule has 0 aliphatic heterocycles. The predicted octanol–water partition coefficient (Wildman–Crippen LogP) is 3.53. The van der Waals surface area contributed by atoms with Crippen molar-refractivity contribution < 1.29 is 22.7 Å². The number of carbonyl (C=O) groups excluding carboxylic acids is 1. The third-order valence-corrected chi connectivity index (χ3v) is 2.56. The highest BCUT2D eigenvalue weighted by Crippen LogP contribution is 2.31. The van der Waals surface area contributed by atoms with Crippen LogP contribution in [-0.2, 0) is 22.3 Å². The number of esters is 1. The van der Waals surface area contributed by atoms with E-state index in [1.807, 2.05) is 0 Å². The van der Waals surface area contributed by atoms with Gasteiger partial charge in [0.1, 0.15) is 5.60 Å². The maximum Gasteiger partial charge on any atom is 0.416 e. The Morgan fingerprint density at radius 2 is 1.81 bits per heavy atom. The highest BCUT2D eigenvalue weighted by Gasteiger charge is 2.32. The quantitative estimate of drug-likeness (QED) is 0.668. The third kappa shape index (κ3) is 6.62. The second kappa shape index (κ2) is 6.93. The molecule has 1 N–H and O–H groups in total. The molecule has 0 aliphatic rings. The largest absolute Gasteiger partial charge is 0.460 e. The average molecular weight is 303 g/mol. The van der Waals surface area contributed by atoms with Crippen LogP contribution in [0.25, 0.3) is 0 Å². The third-order valence-electron chi connectivity index (χ3n) is 2.56. The Bertz CT molecular complexity index is 479. The Morgan fingerprint density at radius 3 is 2.38 bits per heavy atom. The summed E-state index contributed by atoms with van der Waals surface area (Å²) in [6.07, 6.45) is -4.26. The van der Waals surface area contributed by atoms with Crippen molar-refractivity contribution in [2.75, 3.05) is 6.54 Å². The van der Waals surface area contributed by atoms with Gasteiger partial charge in [-0.3, -0.25) is 4.79 Å². The van der Waals surface area contributed by atoms with E-state index < -0.39 is 17.3 Å². The minimum Gasteiger partial charge on any atom is -0.460 e. The Labute approximate surface area is 122 Å². The van der Waals surface area contributed by atoms with E-state index in [1.165, 1.54) is 12.1 Å². The fourth-order valence-corrected chi connectivity index (χ4v) is 1.76. The number of alkyl halides is 3. The number of carbonyl (C=O) groups is 1. The van der Waals surface area contributed by atoms with Gasteiger partial charge in [-0.2, -0.15) is 13.2 Å². The van der Waals surface area contributed by atoms with Gasteiger partial charge in [0.05, 0.1) is 12.0 Å². The zero-order chi connectivity index (χ0) is 16.1. The van der Waals surface area contributed by atoms with Crippen molar-refractivity contribution in [1.29, 1.82) is 0 Å². The van der Waals surface area contributed by atoms with E-state index in [-0.39, 0.29) is 31.0 Å². The average Bonchev–Trinajstić information content (AvgIpc) is 2.32. The first-order valence-corrected chi connectivity index (χ1v) is 6.67. The topological polar surface area (TPSA) is 38.3 Å². The Kier molecular flexibility index (Phi) is 5.78. The number of hydrogen-bond acceptors (Lipinski definition) is 3. The maximum atomic E-state index is 12.8. The van der Waals surface area contributed by atoms with Crippen LogP contribution in [0.3, 0.4) is 0 Å². The van der Waals surface area contributed by atoms with Crippen molar-refractivity contribution in [3.8, 4) is 0 Å². The van der Waals surface area contributed by atoms with Crippen LogP contribution in [0.15, 0.2) is 24.3 Å². The van der Waals surface area contributed by atoms with Crippen molar-refractivity contribution >= 4 is 5.97 Å². The summed E-state index contributed by atoms with van der Waals surface area (Å²) in [7, 11) is 0. The molecule has 1 aromatic carbocycles. The molecule has 0 radical (unpaired) electrons. The Hall–Kier alpha value is -1.56. The number of hydrogen-bond donors (Lipinski definition) is 1. The Balaban J connectivity index is 2.46. The molecule has 0 aliphatic carbocycles. The molecule has 0 fully saturated rings. The molecular formula is C15H20F3NO2. The standard InChI is InChI=1S/C15H20F3NO2/c1-14(2,3)21-13(20)8-9-19-10-11-6-4-5-7-12(11)15(16,17)18/h4-7,19H,8-10H2,1-3H3. The van der Waals surface area contributed by atoms with Crippen molar-refractivity contribution in [2.45, 2.75) is 45.5 Å². The second-order valence-corrected chi connectivity index (χ2v) is 5.67. The van der Waals surface area contributed by atoms with E-state index in [9.17, 15) is 18.0 Å². The first-order chi connectivity index (χ1) is 9.59. The maximum absolute atomic E-state index is 12.8. The highest BCUT2D eigenvalue weighted by atomic mass is 19.4. The monoisotopic (exact) mass is 303 g/mol. The Morgan fingerprint density at radius 1 is 1.19 bits per heavy atom. The molecule has 0 unspecified atom stereocenters. The van der Waals surface area contributed by atoms with Gasteiger partial charge in [0, 0.05) is 13.1 Å². The van der Waals surface area contributed by atoms with Gasteiger partial charge in [-0.1, -0.05) is 18.2 Å². The normalized spacial score (nSPS) is 12.3. The predicted molar refractivity (Wildman–Crippen MR) is 73.6 cm³/mol. The van der Waals surface area contributed by atoms with Crippen LogP contribution >= 0.6 is 0 Å². The first-order valence-electron chi connectivity index (χ1n) is 6.67. The zero-order valence-corrected chi connectivity index (χ0v) is 12.4. The molecule has 0 amide bonds. The SMILES string of the molecule is CC(C)(C)OC(=O)CCNCc1ccccc1C(F)(F)F. The molecule has 0 saturated carbocycles. The molecular weight excluding hydrogens is 283 g/mol. The molecule has 3 nitrogen and oxygen atoms in total. The van der Waals surface area contributed by atoms with Gasteiger partial charge >= 0.3 is 12.1 Å². The van der Waals surface area contributed by atoms with Crippen LogP contribution in [0.4, 0.5) is 13.2 Å². The lowest BCUT2D eigenvalue weighted by atomic mass is 10.1. The number of benzene rings is 1. The van der Waals surface area contributed by atoms with E-state index >= 15 is 0 Å². The molecule has 0 aromatic heterocycles. The molecule has 0 spiro atoms. The van der Waals surface area contributed by atoms with E-state index in [1.54, 1.807) is 26.8 Å². The number of nitrogens with one attached hydrogen (secondary N) is 1. The van der Waals surface area contributed by atoms with Gasteiger partial charge in [0.2, 0.25) is 0 Å². The summed E-state index contributed by atoms with van der Waals surface area (Å²) >= 11 is 0. The van der Waals surface area contributed by atoms with Crippen molar-refractivity contribution in [3.63, 3.8) is 0 Å². The van der Waals surface area contributed by atoms with Gasteiger partial charge < -0.3 is 10.1 Å². The van der Waals surface area contributed by atoms with Crippen LogP contribution in [0, 0.1) is 0 Å². The van der Waals surface area contributed by atoms with Crippen LogP contribution in [0.5, 0.6) is 0 Å². The minimum absolute atomic E-state index is 0.0540. The van der Waals surface area contributed by atoms with Gasteiger partial charge in [0.25, 0.3) is 0 Å². The number of halogens is 3. The van der Waals surface area contributed by atoms with Gasteiger partial charge in [-0.25, -0.2) is 0 Å². The van der Waals surface area contributed by atoms with E-state index in [0.29, 0.717) is 0 Å². The van der Waals surface area contributed by atoms with Crippen molar-refractivity contribution in [2.24, 2.45) is 0 Å². The summed E-state index contributed by atoms with van der Waals surface area (Å²) in [6, 6.07) is 5.38. The fourth-order valence-electron chi connectivity index (χ4n) is 1.76. The lowest BCUT2D eigenvalue weighted by Crippen LogP contribution is -2.27. The molecule has 1 aromatic rings. The van der Waals surface area contributed by atoms with Crippen molar-refractivity contribution in [1.82, 2.24) is 5.32 Å². The van der Waals surface area contributed by atoms with Crippen molar-refractivity contribution in [3.05, 3.63) is 35.4 Å². The lowest BCUT2D eigenvalue weighted by molar-refractivity contribution is -0.154. The summed E-state index contributed by atoms with van der Waals surface area (Å²) in [6.45, 7) is 5.60. The summed E-state index contributed by atoms with van der Waals surface area (Å²) in [5, 5.41) is 2.83. The second-order valence-electron chi connectivity index (χ2n) is 5.67. The van der Waals surface area contributed by atoms with E-state index in [2.05, 4.69) is 5.32 Å². The van der Waals surface area contributed by atoms with E-state index in [4.69, 9.17) is 4.74 Å². The van der Waals surface area contributed by atoms with E-state index in [0.717, 1.165) is 6.07 Å². The number of rotatable bonds is 5. The number of ether oxygens (including phenoxy) is 1. The van der Waals surface area contributed by atoms with Gasteiger partial charge in [-0.05, 0) is 32.4 Å². The zero-order valence-electron chi connectivity index (χ0n) is 12.4. The molecule has 1 rings (SSSR count). The van der Waals surface area contributed by atoms with Crippen LogP contribution in [0.1, 0.15) is 38.3 Å². The first kappa shape index (κ1) is 17.5. The smallest absolute Gasteiger partial charge is 0.416 e. The molecule has 0 saturated heterocycles. The fraction of sp³-hybridized carbons (Fsp3) is 0.533. The molecule has 0 heterocycles. The summed E-state index contributed by atoms with van der Waals surface area (Å²) in [4.78, 5) is 11.5. The summed E-state index contributed by atoms with van der Waals surface area (Å²) in [5.41, 5.74) is -1.05. The van der Waals surface area contributed by atoms with Crippen LogP contribution < -0.4 is 5.32 Å². The summed E-state index contributed by atoms with van der Waals surface area (Å²) < 4.78 is 43.4. The molecule has 118 valence electrons. The lowest BCUT2D eigenvalue weighted by Gasteiger charge is -2.19. The van der Waals surface area contributed by atoms with Gasteiger partial charge in [-0.15, -0.1) is 0 Å². The van der Waals surface area contributed by atoms with Crippen LogP contribution in [0.2, 0.25) is 0 Å². The van der Waals surface area contributed by atoms with Crippen LogP contribution in [-0.4, -0.2) is 18.1 Å². The van der Waals surface area contributed by atoms with Gasteiger partial charge in [0.15, 0.2) is 0 Å². The minimum atomic E-state index is -4.37. The highest BCUT2D eigenvalue weighted by molar-refractivity contribution is 5.70. The summed E-state index contributed by atoms with van der Waals surface area (Å²) in [5.74, 6) is -0.376. The molecule has 21 heavy (non-hydrogen) atoms. The molecule has 6 heteroatoms. The molecule has 0 bridgehead atoms. The molecule has 0 atom stereocenters.